The molecule has 1 heterocycles. The van der Waals surface area contributed by atoms with E-state index in [9.17, 15) is 4.79 Å². The number of piperidine rings is 1. The van der Waals surface area contributed by atoms with E-state index in [-0.39, 0.29) is 5.92 Å². The third-order valence-electron chi connectivity index (χ3n) is 4.25. The Kier molecular flexibility index (Phi) is 2.75. The van der Waals surface area contributed by atoms with Crippen molar-refractivity contribution in [1.29, 1.82) is 0 Å². The van der Waals surface area contributed by atoms with Crippen LogP contribution in [-0.2, 0) is 6.42 Å². The summed E-state index contributed by atoms with van der Waals surface area (Å²) < 4.78 is 0. The lowest BCUT2D eigenvalue weighted by molar-refractivity contribution is 0.0888. The van der Waals surface area contributed by atoms with Crippen LogP contribution >= 0.6 is 0 Å². The Morgan fingerprint density at radius 1 is 1.29 bits per heavy atom. The molecule has 2 aliphatic rings. The zero-order chi connectivity index (χ0) is 11.8. The van der Waals surface area contributed by atoms with E-state index < -0.39 is 0 Å². The van der Waals surface area contributed by atoms with E-state index in [1.165, 1.54) is 12.0 Å². The summed E-state index contributed by atoms with van der Waals surface area (Å²) in [5.74, 6) is 1.28. The molecule has 17 heavy (non-hydrogen) atoms. The van der Waals surface area contributed by atoms with Crippen LogP contribution < -0.4 is 5.32 Å². The summed E-state index contributed by atoms with van der Waals surface area (Å²) in [4.78, 5) is 12.4. The number of nitrogens with one attached hydrogen (secondary N) is 1. The minimum Gasteiger partial charge on any atom is -0.313 e. The van der Waals surface area contributed by atoms with Gasteiger partial charge in [0.05, 0.1) is 0 Å². The summed E-state index contributed by atoms with van der Waals surface area (Å²) in [6.07, 6.45) is 3.31. The van der Waals surface area contributed by atoms with E-state index in [4.69, 9.17) is 0 Å². The molecule has 1 aliphatic heterocycles. The first-order chi connectivity index (χ1) is 8.25. The predicted molar refractivity (Wildman–Crippen MR) is 68.2 cm³/mol. The molecule has 90 valence electrons. The Balaban J connectivity index is 1.81. The summed E-state index contributed by atoms with van der Waals surface area (Å²) in [6.45, 7) is 3.35. The maximum absolute atomic E-state index is 12.4. The van der Waals surface area contributed by atoms with Gasteiger partial charge in [-0.25, -0.2) is 0 Å². The molecular weight excluding hydrogens is 210 g/mol. The Morgan fingerprint density at radius 2 is 2.12 bits per heavy atom. The third-order valence-corrected chi connectivity index (χ3v) is 4.25. The molecule has 1 aromatic carbocycles. The Labute approximate surface area is 102 Å². The molecule has 0 radical (unpaired) electrons. The number of hydrogen-bond donors (Lipinski definition) is 1. The van der Waals surface area contributed by atoms with Crippen LogP contribution in [0, 0.1) is 11.8 Å². The van der Waals surface area contributed by atoms with E-state index in [1.54, 1.807) is 0 Å². The molecule has 3 rings (SSSR count). The minimum absolute atomic E-state index is 0.176. The SMILES string of the molecule is CC1CCNC(C2Cc3ccccc3C2=O)C1. The van der Waals surface area contributed by atoms with Gasteiger partial charge in [0.1, 0.15) is 0 Å². The van der Waals surface area contributed by atoms with E-state index in [0.29, 0.717) is 11.8 Å². The lowest BCUT2D eigenvalue weighted by Crippen LogP contribution is -2.44. The molecule has 0 aromatic heterocycles. The fourth-order valence-electron chi connectivity index (χ4n) is 3.25. The van der Waals surface area contributed by atoms with Crippen LogP contribution in [-0.4, -0.2) is 18.4 Å². The largest absolute Gasteiger partial charge is 0.313 e. The van der Waals surface area contributed by atoms with Gasteiger partial charge in [0.25, 0.3) is 0 Å². The number of carbonyl (C=O) groups excluding carboxylic acids is 1. The fraction of sp³-hybridized carbons (Fsp3) is 0.533. The highest BCUT2D eigenvalue weighted by Crippen LogP contribution is 2.32. The van der Waals surface area contributed by atoms with Crippen LogP contribution in [0.3, 0.4) is 0 Å². The zero-order valence-electron chi connectivity index (χ0n) is 10.3. The molecule has 1 N–H and O–H groups in total. The number of hydrogen-bond acceptors (Lipinski definition) is 2. The standard InChI is InChI=1S/C15H19NO/c1-10-6-7-16-14(8-10)13-9-11-4-2-3-5-12(11)15(13)17/h2-5,10,13-14,16H,6-9H2,1H3. The average Bonchev–Trinajstić information content (AvgIpc) is 2.68. The summed E-state index contributed by atoms with van der Waals surface area (Å²) in [5.41, 5.74) is 2.19. The molecular formula is C15H19NO. The summed E-state index contributed by atoms with van der Waals surface area (Å²) in [7, 11) is 0. The van der Waals surface area contributed by atoms with Gasteiger partial charge in [-0.1, -0.05) is 31.2 Å². The molecule has 3 atom stereocenters. The van der Waals surface area contributed by atoms with Crippen LogP contribution in [0.1, 0.15) is 35.7 Å². The highest BCUT2D eigenvalue weighted by Gasteiger charge is 2.37. The normalized spacial score (nSPS) is 32.5. The lowest BCUT2D eigenvalue weighted by Gasteiger charge is -2.31. The van der Waals surface area contributed by atoms with E-state index in [0.717, 1.165) is 30.9 Å². The van der Waals surface area contributed by atoms with Gasteiger partial charge in [-0.15, -0.1) is 0 Å². The molecule has 0 amide bonds. The van der Waals surface area contributed by atoms with Crippen LogP contribution in [0.25, 0.3) is 0 Å². The van der Waals surface area contributed by atoms with Crippen molar-refractivity contribution in [3.8, 4) is 0 Å². The maximum atomic E-state index is 12.4. The van der Waals surface area contributed by atoms with E-state index in [2.05, 4.69) is 18.3 Å². The zero-order valence-corrected chi connectivity index (χ0v) is 10.3. The minimum atomic E-state index is 0.176. The smallest absolute Gasteiger partial charge is 0.168 e. The maximum Gasteiger partial charge on any atom is 0.168 e. The Hall–Kier alpha value is -1.15. The quantitative estimate of drug-likeness (QED) is 0.801. The molecule has 0 spiro atoms. The number of ketones is 1. The number of Topliss-reactive ketones (excluding diaryl/α,β-unsaturated/α-hetero) is 1. The van der Waals surface area contributed by atoms with Gasteiger partial charge in [0, 0.05) is 17.5 Å². The van der Waals surface area contributed by atoms with Crippen molar-refractivity contribution in [3.05, 3.63) is 35.4 Å². The summed E-state index contributed by atoms with van der Waals surface area (Å²) in [5, 5.41) is 3.54. The average molecular weight is 229 g/mol. The number of carbonyl (C=O) groups is 1. The second-order valence-electron chi connectivity index (χ2n) is 5.52. The Morgan fingerprint density at radius 3 is 2.88 bits per heavy atom. The van der Waals surface area contributed by atoms with Gasteiger partial charge in [0.15, 0.2) is 5.78 Å². The molecule has 1 aliphatic carbocycles. The fourth-order valence-corrected chi connectivity index (χ4v) is 3.25. The molecule has 1 saturated heterocycles. The van der Waals surface area contributed by atoms with Crippen molar-refractivity contribution in [2.45, 2.75) is 32.2 Å². The molecule has 0 saturated carbocycles. The van der Waals surface area contributed by atoms with Crippen molar-refractivity contribution in [1.82, 2.24) is 5.32 Å². The van der Waals surface area contributed by atoms with Crippen LogP contribution in [0.2, 0.25) is 0 Å². The van der Waals surface area contributed by atoms with Gasteiger partial charge in [0.2, 0.25) is 0 Å². The first kappa shape index (κ1) is 11.0. The third kappa shape index (κ3) is 1.91. The van der Waals surface area contributed by atoms with E-state index >= 15 is 0 Å². The molecule has 2 nitrogen and oxygen atoms in total. The van der Waals surface area contributed by atoms with Crippen molar-refractivity contribution >= 4 is 5.78 Å². The molecule has 1 fully saturated rings. The van der Waals surface area contributed by atoms with Crippen molar-refractivity contribution in [2.24, 2.45) is 11.8 Å². The lowest BCUT2D eigenvalue weighted by atomic mass is 9.84. The van der Waals surface area contributed by atoms with Crippen LogP contribution in [0.4, 0.5) is 0 Å². The van der Waals surface area contributed by atoms with Crippen molar-refractivity contribution in [2.75, 3.05) is 6.54 Å². The predicted octanol–water partition coefficient (Wildman–Crippen LogP) is 2.43. The second kappa shape index (κ2) is 4.26. The number of rotatable bonds is 1. The molecule has 0 bridgehead atoms. The monoisotopic (exact) mass is 229 g/mol. The van der Waals surface area contributed by atoms with E-state index in [1.807, 2.05) is 18.2 Å². The first-order valence-corrected chi connectivity index (χ1v) is 6.61. The number of benzene rings is 1. The molecule has 2 heteroatoms. The molecule has 1 aromatic rings. The van der Waals surface area contributed by atoms with Crippen molar-refractivity contribution in [3.63, 3.8) is 0 Å². The van der Waals surface area contributed by atoms with Gasteiger partial charge in [-0.2, -0.15) is 0 Å². The first-order valence-electron chi connectivity index (χ1n) is 6.61. The van der Waals surface area contributed by atoms with Gasteiger partial charge in [-0.3, -0.25) is 4.79 Å². The highest BCUT2D eigenvalue weighted by molar-refractivity contribution is 6.02. The van der Waals surface area contributed by atoms with Gasteiger partial charge in [-0.05, 0) is 37.3 Å². The molecule has 3 unspecified atom stereocenters. The van der Waals surface area contributed by atoms with Gasteiger partial charge < -0.3 is 5.32 Å². The topological polar surface area (TPSA) is 29.1 Å². The second-order valence-corrected chi connectivity index (χ2v) is 5.52. The Bertz CT molecular complexity index is 440. The van der Waals surface area contributed by atoms with Crippen molar-refractivity contribution < 1.29 is 4.79 Å². The van der Waals surface area contributed by atoms with Gasteiger partial charge >= 0.3 is 0 Å². The number of fused-ring (bicyclic) bond motifs is 1. The van der Waals surface area contributed by atoms with Crippen LogP contribution in [0.5, 0.6) is 0 Å². The highest BCUT2D eigenvalue weighted by atomic mass is 16.1. The summed E-state index contributed by atoms with van der Waals surface area (Å²) >= 11 is 0. The van der Waals surface area contributed by atoms with Crippen LogP contribution in [0.15, 0.2) is 24.3 Å². The summed E-state index contributed by atoms with van der Waals surface area (Å²) in [6, 6.07) is 8.46.